The van der Waals surface area contributed by atoms with E-state index in [0.29, 0.717) is 5.56 Å². The Bertz CT molecular complexity index is 1140. The van der Waals surface area contributed by atoms with Gasteiger partial charge in [-0.2, -0.15) is 0 Å². The van der Waals surface area contributed by atoms with E-state index in [4.69, 9.17) is 13.9 Å². The lowest BCUT2D eigenvalue weighted by Gasteiger charge is -2.18. The molecule has 0 aliphatic carbocycles. The standard InChI is InChI=1S/C20H18O10/c21-7-13-15(25)17(27)20(29-13)30-19-16(26)14-11(24)5-10(23)6-12(14)28-18(19)8-1-3-9(22)4-2-8/h1-6,13,15,17,20-25,27H,7H2/t13-,15+,17-,20+/m0/s1. The molecule has 1 fully saturated rings. The van der Waals surface area contributed by atoms with Gasteiger partial charge in [-0.15, -0.1) is 0 Å². The second kappa shape index (κ2) is 7.50. The van der Waals surface area contributed by atoms with Crippen LogP contribution in [0.15, 0.2) is 45.6 Å². The fourth-order valence-electron chi connectivity index (χ4n) is 3.26. The van der Waals surface area contributed by atoms with Gasteiger partial charge < -0.3 is 44.5 Å². The molecule has 2 aromatic carbocycles. The number of aliphatic hydroxyl groups is 3. The van der Waals surface area contributed by atoms with E-state index < -0.39 is 48.1 Å². The first kappa shape index (κ1) is 20.0. The van der Waals surface area contributed by atoms with Gasteiger partial charge in [0.2, 0.25) is 17.5 Å². The van der Waals surface area contributed by atoms with Crippen LogP contribution in [0.4, 0.5) is 0 Å². The van der Waals surface area contributed by atoms with Crippen LogP contribution in [-0.4, -0.2) is 61.8 Å². The summed E-state index contributed by atoms with van der Waals surface area (Å²) in [6.07, 6.45) is -5.65. The van der Waals surface area contributed by atoms with Crippen LogP contribution >= 0.6 is 0 Å². The van der Waals surface area contributed by atoms with Crippen molar-refractivity contribution >= 4 is 11.0 Å². The van der Waals surface area contributed by atoms with E-state index in [2.05, 4.69) is 0 Å². The van der Waals surface area contributed by atoms with Crippen LogP contribution in [0, 0.1) is 0 Å². The molecule has 2 heterocycles. The maximum absolute atomic E-state index is 13.1. The molecule has 3 aromatic rings. The van der Waals surface area contributed by atoms with Gasteiger partial charge >= 0.3 is 0 Å². The molecule has 6 N–H and O–H groups in total. The Hall–Kier alpha value is -3.31. The molecule has 0 amide bonds. The Morgan fingerprint density at radius 1 is 0.967 bits per heavy atom. The highest BCUT2D eigenvalue weighted by Crippen LogP contribution is 2.37. The van der Waals surface area contributed by atoms with Gasteiger partial charge in [-0.25, -0.2) is 0 Å². The molecule has 0 saturated carbocycles. The summed E-state index contributed by atoms with van der Waals surface area (Å²) in [7, 11) is 0. The second-order valence-corrected chi connectivity index (χ2v) is 6.80. The molecule has 0 spiro atoms. The number of ether oxygens (including phenoxy) is 2. The lowest BCUT2D eigenvalue weighted by molar-refractivity contribution is -0.117. The van der Waals surface area contributed by atoms with Gasteiger partial charge in [0, 0.05) is 17.7 Å². The Labute approximate surface area is 168 Å². The molecule has 158 valence electrons. The van der Waals surface area contributed by atoms with Crippen LogP contribution in [0.1, 0.15) is 0 Å². The Morgan fingerprint density at radius 3 is 2.30 bits per heavy atom. The number of rotatable bonds is 4. The monoisotopic (exact) mass is 418 g/mol. The lowest BCUT2D eigenvalue weighted by atomic mass is 10.1. The van der Waals surface area contributed by atoms with Crippen LogP contribution in [0.2, 0.25) is 0 Å². The van der Waals surface area contributed by atoms with Crippen LogP contribution in [0.25, 0.3) is 22.3 Å². The quantitative estimate of drug-likeness (QED) is 0.348. The summed E-state index contributed by atoms with van der Waals surface area (Å²) < 4.78 is 16.5. The number of hydrogen-bond acceptors (Lipinski definition) is 10. The minimum Gasteiger partial charge on any atom is -0.508 e. The van der Waals surface area contributed by atoms with Crippen molar-refractivity contribution in [3.8, 4) is 34.3 Å². The predicted molar refractivity (Wildman–Crippen MR) is 101 cm³/mol. The van der Waals surface area contributed by atoms with Crippen molar-refractivity contribution in [1.29, 1.82) is 0 Å². The molecule has 30 heavy (non-hydrogen) atoms. The summed E-state index contributed by atoms with van der Waals surface area (Å²) in [5.41, 5.74) is -0.653. The third-order valence-electron chi connectivity index (χ3n) is 4.78. The van der Waals surface area contributed by atoms with E-state index in [-0.39, 0.29) is 28.2 Å². The molecule has 0 bridgehead atoms. The zero-order valence-corrected chi connectivity index (χ0v) is 15.3. The Balaban J connectivity index is 1.90. The third kappa shape index (κ3) is 3.31. The highest BCUT2D eigenvalue weighted by atomic mass is 16.7. The Kier molecular flexibility index (Phi) is 5.00. The zero-order chi connectivity index (χ0) is 21.6. The highest BCUT2D eigenvalue weighted by molar-refractivity contribution is 5.88. The second-order valence-electron chi connectivity index (χ2n) is 6.80. The van der Waals surface area contributed by atoms with Crippen molar-refractivity contribution in [3.05, 3.63) is 46.6 Å². The first-order valence-electron chi connectivity index (χ1n) is 8.91. The third-order valence-corrected chi connectivity index (χ3v) is 4.78. The highest BCUT2D eigenvalue weighted by Gasteiger charge is 2.44. The number of phenols is 3. The van der Waals surface area contributed by atoms with Crippen molar-refractivity contribution in [1.82, 2.24) is 0 Å². The molecular weight excluding hydrogens is 400 g/mol. The van der Waals surface area contributed by atoms with Crippen LogP contribution in [0.3, 0.4) is 0 Å². The maximum Gasteiger partial charge on any atom is 0.239 e. The molecule has 1 aliphatic rings. The SMILES string of the molecule is O=c1c(O[C@H]2O[C@@H](CO)[C@@H](O)[C@@H]2O)c(-c2ccc(O)cc2)oc2cc(O)cc(O)c12. The van der Waals surface area contributed by atoms with Gasteiger partial charge in [0.05, 0.1) is 6.61 Å². The minimum absolute atomic E-state index is 0.0388. The summed E-state index contributed by atoms with van der Waals surface area (Å²) in [5, 5.41) is 58.4. The van der Waals surface area contributed by atoms with Crippen molar-refractivity contribution in [2.45, 2.75) is 24.6 Å². The topological polar surface area (TPSA) is 170 Å². The van der Waals surface area contributed by atoms with Gasteiger partial charge in [-0.3, -0.25) is 4.79 Å². The van der Waals surface area contributed by atoms with E-state index in [1.54, 1.807) is 0 Å². The predicted octanol–water partition coefficient (Wildman–Crippen LogP) is 0.395. The normalized spacial score (nSPS) is 23.7. The fourth-order valence-corrected chi connectivity index (χ4v) is 3.26. The summed E-state index contributed by atoms with van der Waals surface area (Å²) in [5.74, 6) is -1.50. The zero-order valence-electron chi connectivity index (χ0n) is 15.3. The molecule has 4 rings (SSSR count). The van der Waals surface area contributed by atoms with Crippen LogP contribution in [-0.2, 0) is 4.74 Å². The summed E-state index contributed by atoms with van der Waals surface area (Å²) in [6.45, 7) is -0.588. The van der Waals surface area contributed by atoms with E-state index in [1.807, 2.05) is 0 Å². The molecule has 1 saturated heterocycles. The summed E-state index contributed by atoms with van der Waals surface area (Å²) in [4.78, 5) is 13.1. The maximum atomic E-state index is 13.1. The molecule has 10 heteroatoms. The Morgan fingerprint density at radius 2 is 1.67 bits per heavy atom. The average Bonchev–Trinajstić information content (AvgIpc) is 2.97. The number of fused-ring (bicyclic) bond motifs is 1. The number of benzene rings is 2. The minimum atomic E-state index is -1.57. The van der Waals surface area contributed by atoms with E-state index >= 15 is 0 Å². The van der Waals surface area contributed by atoms with E-state index in [1.165, 1.54) is 24.3 Å². The van der Waals surface area contributed by atoms with Gasteiger partial charge in [0.1, 0.15) is 46.5 Å². The number of phenolic OH excluding ortho intramolecular Hbond substituents is 3. The first-order valence-corrected chi connectivity index (χ1v) is 8.91. The molecule has 1 aromatic heterocycles. The van der Waals surface area contributed by atoms with E-state index in [9.17, 15) is 35.4 Å². The van der Waals surface area contributed by atoms with Gasteiger partial charge in [-0.1, -0.05) is 0 Å². The fraction of sp³-hybridized carbons (Fsp3) is 0.250. The van der Waals surface area contributed by atoms with Gasteiger partial charge in [0.15, 0.2) is 5.76 Å². The molecule has 10 nitrogen and oxygen atoms in total. The summed E-state index contributed by atoms with van der Waals surface area (Å²) in [6, 6.07) is 7.65. The summed E-state index contributed by atoms with van der Waals surface area (Å²) >= 11 is 0. The molecule has 4 atom stereocenters. The lowest BCUT2D eigenvalue weighted by Crippen LogP contribution is -2.36. The number of hydrogen-bond donors (Lipinski definition) is 6. The van der Waals surface area contributed by atoms with Gasteiger partial charge in [-0.05, 0) is 24.3 Å². The van der Waals surface area contributed by atoms with Crippen molar-refractivity contribution in [2.75, 3.05) is 6.61 Å². The van der Waals surface area contributed by atoms with Crippen LogP contribution in [0.5, 0.6) is 23.0 Å². The molecular formula is C20H18O10. The van der Waals surface area contributed by atoms with Crippen molar-refractivity contribution < 1.29 is 44.5 Å². The smallest absolute Gasteiger partial charge is 0.239 e. The first-order chi connectivity index (χ1) is 14.3. The molecule has 0 radical (unpaired) electrons. The van der Waals surface area contributed by atoms with Crippen molar-refractivity contribution in [2.24, 2.45) is 0 Å². The number of aliphatic hydroxyl groups excluding tert-OH is 3. The van der Waals surface area contributed by atoms with Crippen molar-refractivity contribution in [3.63, 3.8) is 0 Å². The molecule has 1 aliphatic heterocycles. The number of aromatic hydroxyl groups is 3. The largest absolute Gasteiger partial charge is 0.508 e. The van der Waals surface area contributed by atoms with Crippen LogP contribution < -0.4 is 10.2 Å². The average molecular weight is 418 g/mol. The van der Waals surface area contributed by atoms with Gasteiger partial charge in [0.25, 0.3) is 0 Å². The molecule has 0 unspecified atom stereocenters. The van der Waals surface area contributed by atoms with E-state index in [0.717, 1.165) is 12.1 Å².